The number of anilines is 1. The van der Waals surface area contributed by atoms with Crippen molar-refractivity contribution in [2.45, 2.75) is 58.1 Å². The van der Waals surface area contributed by atoms with Crippen molar-refractivity contribution in [3.05, 3.63) is 59.2 Å². The van der Waals surface area contributed by atoms with Crippen molar-refractivity contribution in [3.8, 4) is 5.75 Å². The second-order valence-electron chi connectivity index (χ2n) is 7.72. The summed E-state index contributed by atoms with van der Waals surface area (Å²) in [6.45, 7) is 3.44. The number of fused-ring (bicyclic) bond motifs is 1. The first-order chi connectivity index (χ1) is 15.0. The fourth-order valence-corrected chi connectivity index (χ4v) is 3.46. The Morgan fingerprint density at radius 1 is 1.13 bits per heavy atom. The maximum atomic E-state index is 12.6. The Kier molecular flexibility index (Phi) is 8.15. The van der Waals surface area contributed by atoms with Crippen molar-refractivity contribution in [1.82, 2.24) is 0 Å². The lowest BCUT2D eigenvalue weighted by Gasteiger charge is -2.25. The van der Waals surface area contributed by atoms with E-state index in [9.17, 15) is 9.59 Å². The Morgan fingerprint density at radius 2 is 1.94 bits per heavy atom. The van der Waals surface area contributed by atoms with Gasteiger partial charge in [0.15, 0.2) is 0 Å². The summed E-state index contributed by atoms with van der Waals surface area (Å²) in [6, 6.07) is 12.8. The third-order valence-corrected chi connectivity index (χ3v) is 5.18. The topological polar surface area (TPSA) is 100 Å². The molecule has 164 valence electrons. The van der Waals surface area contributed by atoms with E-state index in [1.165, 1.54) is 12.8 Å². The molecule has 7 nitrogen and oxygen atoms in total. The quantitative estimate of drug-likeness (QED) is 0.403. The maximum Gasteiger partial charge on any atom is 0.307 e. The summed E-state index contributed by atoms with van der Waals surface area (Å²) in [4.78, 5) is 23.5. The van der Waals surface area contributed by atoms with Gasteiger partial charge in [-0.2, -0.15) is 10.2 Å². The van der Waals surface area contributed by atoms with Gasteiger partial charge in [-0.3, -0.25) is 9.59 Å². The number of carbonyl (C=O) groups is 2. The molecule has 0 radical (unpaired) electrons. The van der Waals surface area contributed by atoms with Crippen molar-refractivity contribution in [2.75, 3.05) is 11.9 Å². The number of rotatable bonds is 10. The molecule has 2 aromatic rings. The number of azo groups is 1. The van der Waals surface area contributed by atoms with Gasteiger partial charge in [0.25, 0.3) is 5.91 Å². The van der Waals surface area contributed by atoms with Crippen LogP contribution in [0.1, 0.15) is 60.5 Å². The normalized spacial score (nSPS) is 15.3. The smallest absolute Gasteiger partial charge is 0.307 e. The standard InChI is InChI=1S/C24H29N3O4/c1-2-3-4-13-25-26-16-17-5-7-18(8-6-17)24(30)27-20-10-12-22-19(14-20)9-11-21(31-22)15-23(28)29/h5-8,10,12,14,21H,2-4,9,11,13,15-16H2,1H3,(H,27,30)(H,28,29). The number of nitrogens with one attached hydrogen (secondary N) is 1. The molecule has 3 rings (SSSR count). The van der Waals surface area contributed by atoms with Gasteiger partial charge in [-0.25, -0.2) is 0 Å². The van der Waals surface area contributed by atoms with Crippen molar-refractivity contribution in [1.29, 1.82) is 0 Å². The minimum Gasteiger partial charge on any atom is -0.490 e. The van der Waals surface area contributed by atoms with E-state index in [2.05, 4.69) is 22.5 Å². The van der Waals surface area contributed by atoms with Crippen LogP contribution in [0.25, 0.3) is 0 Å². The predicted molar refractivity (Wildman–Crippen MR) is 119 cm³/mol. The lowest BCUT2D eigenvalue weighted by atomic mass is 10.00. The molecule has 0 aromatic heterocycles. The number of carboxylic acids is 1. The van der Waals surface area contributed by atoms with Crippen molar-refractivity contribution >= 4 is 17.6 Å². The van der Waals surface area contributed by atoms with Gasteiger partial charge in [0.2, 0.25) is 0 Å². The van der Waals surface area contributed by atoms with Crippen LogP contribution in [0.4, 0.5) is 5.69 Å². The first kappa shape index (κ1) is 22.5. The number of aliphatic carboxylic acids is 1. The summed E-state index contributed by atoms with van der Waals surface area (Å²) in [7, 11) is 0. The third kappa shape index (κ3) is 6.91. The second-order valence-corrected chi connectivity index (χ2v) is 7.72. The molecular formula is C24H29N3O4. The monoisotopic (exact) mass is 423 g/mol. The van der Waals surface area contributed by atoms with E-state index in [4.69, 9.17) is 9.84 Å². The zero-order chi connectivity index (χ0) is 22.1. The molecule has 0 bridgehead atoms. The van der Waals surface area contributed by atoms with E-state index in [1.807, 2.05) is 18.2 Å². The average Bonchev–Trinajstić information content (AvgIpc) is 2.76. The van der Waals surface area contributed by atoms with Crippen LogP contribution in [0.3, 0.4) is 0 Å². The molecule has 1 unspecified atom stereocenters. The number of aryl methyl sites for hydroxylation is 1. The molecule has 1 atom stereocenters. The third-order valence-electron chi connectivity index (χ3n) is 5.18. The van der Waals surface area contributed by atoms with Gasteiger partial charge in [0, 0.05) is 11.3 Å². The van der Waals surface area contributed by atoms with Gasteiger partial charge in [-0.05, 0) is 60.7 Å². The van der Waals surface area contributed by atoms with Crippen LogP contribution in [-0.4, -0.2) is 29.6 Å². The Labute approximate surface area is 182 Å². The number of ether oxygens (including phenoxy) is 1. The number of unbranched alkanes of at least 4 members (excludes halogenated alkanes) is 2. The summed E-state index contributed by atoms with van der Waals surface area (Å²) in [6.07, 6.45) is 4.47. The Hall–Kier alpha value is -3.22. The molecule has 2 aromatic carbocycles. The van der Waals surface area contributed by atoms with Crippen LogP contribution in [0.15, 0.2) is 52.7 Å². The van der Waals surface area contributed by atoms with Gasteiger partial charge in [-0.1, -0.05) is 31.9 Å². The average molecular weight is 424 g/mol. The van der Waals surface area contributed by atoms with Crippen molar-refractivity contribution in [2.24, 2.45) is 10.2 Å². The molecule has 1 aliphatic rings. The Bertz CT molecular complexity index is 925. The molecule has 7 heteroatoms. The molecule has 0 spiro atoms. The number of carbonyl (C=O) groups excluding carboxylic acids is 1. The molecule has 0 saturated heterocycles. The number of hydrogen-bond donors (Lipinski definition) is 2. The van der Waals surface area contributed by atoms with E-state index >= 15 is 0 Å². The molecular weight excluding hydrogens is 394 g/mol. The van der Waals surface area contributed by atoms with Crippen LogP contribution < -0.4 is 10.1 Å². The van der Waals surface area contributed by atoms with E-state index in [-0.39, 0.29) is 18.4 Å². The lowest BCUT2D eigenvalue weighted by Crippen LogP contribution is -2.25. The largest absolute Gasteiger partial charge is 0.490 e. The molecule has 2 N–H and O–H groups in total. The highest BCUT2D eigenvalue weighted by atomic mass is 16.5. The molecule has 0 fully saturated rings. The fourth-order valence-electron chi connectivity index (χ4n) is 3.46. The van der Waals surface area contributed by atoms with Gasteiger partial charge < -0.3 is 15.2 Å². The van der Waals surface area contributed by atoms with Crippen LogP contribution in [0, 0.1) is 0 Å². The summed E-state index contributed by atoms with van der Waals surface area (Å²) in [5, 5.41) is 20.2. The van der Waals surface area contributed by atoms with Crippen molar-refractivity contribution < 1.29 is 19.4 Å². The van der Waals surface area contributed by atoms with Gasteiger partial charge >= 0.3 is 5.97 Å². The molecule has 1 amide bonds. The summed E-state index contributed by atoms with van der Waals surface area (Å²) in [5.74, 6) is -0.365. The first-order valence-electron chi connectivity index (χ1n) is 10.8. The van der Waals surface area contributed by atoms with Crippen LogP contribution in [0.2, 0.25) is 0 Å². The summed E-state index contributed by atoms with van der Waals surface area (Å²) >= 11 is 0. The number of nitrogens with zero attached hydrogens (tertiary/aromatic N) is 2. The number of amides is 1. The molecule has 0 aliphatic carbocycles. The first-order valence-corrected chi connectivity index (χ1v) is 10.8. The number of hydrogen-bond acceptors (Lipinski definition) is 5. The van der Waals surface area contributed by atoms with Crippen LogP contribution in [0.5, 0.6) is 5.75 Å². The Balaban J connectivity index is 1.53. The fraction of sp³-hybridized carbons (Fsp3) is 0.417. The zero-order valence-corrected chi connectivity index (χ0v) is 17.8. The molecule has 1 heterocycles. The number of benzene rings is 2. The van der Waals surface area contributed by atoms with Crippen LogP contribution in [-0.2, 0) is 17.8 Å². The minimum absolute atomic E-state index is 0.00580. The highest BCUT2D eigenvalue weighted by molar-refractivity contribution is 6.04. The van der Waals surface area contributed by atoms with E-state index in [0.29, 0.717) is 30.0 Å². The SMILES string of the molecule is CCCCCN=NCc1ccc(C(=O)Nc2ccc3c(c2)CCC(CC(=O)O)O3)cc1. The van der Waals surface area contributed by atoms with E-state index in [1.54, 1.807) is 24.3 Å². The summed E-state index contributed by atoms with van der Waals surface area (Å²) in [5.41, 5.74) is 3.24. The molecule has 31 heavy (non-hydrogen) atoms. The van der Waals surface area contributed by atoms with Gasteiger partial charge in [0.05, 0.1) is 19.5 Å². The van der Waals surface area contributed by atoms with E-state index < -0.39 is 5.97 Å². The summed E-state index contributed by atoms with van der Waals surface area (Å²) < 4.78 is 5.75. The van der Waals surface area contributed by atoms with Gasteiger partial charge in [0.1, 0.15) is 11.9 Å². The van der Waals surface area contributed by atoms with Gasteiger partial charge in [-0.15, -0.1) is 0 Å². The molecule has 0 saturated carbocycles. The minimum atomic E-state index is -0.863. The number of carboxylic acid groups (broad SMARTS) is 1. The lowest BCUT2D eigenvalue weighted by molar-refractivity contribution is -0.139. The predicted octanol–water partition coefficient (Wildman–Crippen LogP) is 5.25. The highest BCUT2D eigenvalue weighted by Gasteiger charge is 2.22. The highest BCUT2D eigenvalue weighted by Crippen LogP contribution is 2.31. The van der Waals surface area contributed by atoms with E-state index in [0.717, 1.165) is 30.5 Å². The van der Waals surface area contributed by atoms with Crippen LogP contribution >= 0.6 is 0 Å². The maximum absolute atomic E-state index is 12.6. The zero-order valence-electron chi connectivity index (χ0n) is 17.8. The second kappa shape index (κ2) is 11.2. The molecule has 1 aliphatic heterocycles. The Morgan fingerprint density at radius 3 is 2.68 bits per heavy atom. The van der Waals surface area contributed by atoms with Crippen molar-refractivity contribution in [3.63, 3.8) is 0 Å².